The van der Waals surface area contributed by atoms with Gasteiger partial charge < -0.3 is 5.11 Å². The lowest BCUT2D eigenvalue weighted by molar-refractivity contribution is -0.136. The van der Waals surface area contributed by atoms with E-state index in [1.54, 1.807) is 0 Å². The highest BCUT2D eigenvalue weighted by Gasteiger charge is 2.41. The second kappa shape index (κ2) is 2.67. The zero-order valence-corrected chi connectivity index (χ0v) is 7.41. The minimum Gasteiger partial charge on any atom is -0.396 e. The third-order valence-corrected chi connectivity index (χ3v) is 2.73. The monoisotopic (exact) mass is 181 g/mol. The van der Waals surface area contributed by atoms with E-state index in [9.17, 15) is 9.59 Å². The van der Waals surface area contributed by atoms with Crippen LogP contribution in [0.5, 0.6) is 0 Å². The van der Waals surface area contributed by atoms with Crippen molar-refractivity contribution in [1.29, 1.82) is 0 Å². The molecule has 0 atom stereocenters. The molecule has 70 valence electrons. The third kappa shape index (κ3) is 1.02. The van der Waals surface area contributed by atoms with Crippen molar-refractivity contribution < 1.29 is 14.7 Å². The number of likely N-dealkylation sites (N-methyl/N-ethyl adjacent to an activating group) is 1. The van der Waals surface area contributed by atoms with Gasteiger partial charge in [0.05, 0.1) is 0 Å². The molecule has 1 aliphatic carbocycles. The lowest BCUT2D eigenvalue weighted by atomic mass is 10.1. The van der Waals surface area contributed by atoms with E-state index in [1.807, 2.05) is 0 Å². The van der Waals surface area contributed by atoms with Crippen LogP contribution >= 0.6 is 0 Å². The first-order chi connectivity index (χ1) is 6.15. The van der Waals surface area contributed by atoms with E-state index in [0.29, 0.717) is 24.0 Å². The topological polar surface area (TPSA) is 57.6 Å². The average molecular weight is 181 g/mol. The van der Waals surface area contributed by atoms with Crippen molar-refractivity contribution in [3.05, 3.63) is 11.1 Å². The summed E-state index contributed by atoms with van der Waals surface area (Å²) in [5, 5.41) is 8.90. The number of likely N-dealkylation sites (tertiary alicyclic amines) is 1. The second-order valence-electron chi connectivity index (χ2n) is 3.58. The van der Waals surface area contributed by atoms with Crippen LogP contribution in [-0.4, -0.2) is 35.5 Å². The number of nitrogens with zero attached hydrogens (tertiary/aromatic N) is 1. The number of rotatable bonds is 1. The Morgan fingerprint density at radius 3 is 2.15 bits per heavy atom. The van der Waals surface area contributed by atoms with Crippen LogP contribution in [0.4, 0.5) is 0 Å². The number of hydrogen-bond acceptors (Lipinski definition) is 3. The standard InChI is InChI=1S/C9H11NO3/c1-10-8(12)6-2-5(4-11)3-7(6)9(10)13/h5,11H,2-4H2,1H3. The van der Waals surface area contributed by atoms with Crippen molar-refractivity contribution >= 4 is 11.8 Å². The molecule has 2 aliphatic rings. The van der Waals surface area contributed by atoms with E-state index in [2.05, 4.69) is 0 Å². The highest BCUT2D eigenvalue weighted by atomic mass is 16.3. The Morgan fingerprint density at radius 1 is 1.31 bits per heavy atom. The molecule has 2 amide bonds. The first-order valence-corrected chi connectivity index (χ1v) is 4.30. The van der Waals surface area contributed by atoms with E-state index in [-0.39, 0.29) is 24.3 Å². The second-order valence-corrected chi connectivity index (χ2v) is 3.58. The fourth-order valence-electron chi connectivity index (χ4n) is 1.95. The lowest BCUT2D eigenvalue weighted by Crippen LogP contribution is -2.29. The van der Waals surface area contributed by atoms with Gasteiger partial charge in [-0.2, -0.15) is 0 Å². The highest BCUT2D eigenvalue weighted by molar-refractivity contribution is 6.19. The van der Waals surface area contributed by atoms with Crippen molar-refractivity contribution in [2.75, 3.05) is 13.7 Å². The maximum Gasteiger partial charge on any atom is 0.256 e. The Morgan fingerprint density at radius 2 is 1.77 bits per heavy atom. The van der Waals surface area contributed by atoms with E-state index < -0.39 is 0 Å². The zero-order valence-electron chi connectivity index (χ0n) is 7.41. The predicted molar refractivity (Wildman–Crippen MR) is 44.6 cm³/mol. The van der Waals surface area contributed by atoms with Crippen LogP contribution in [-0.2, 0) is 9.59 Å². The van der Waals surface area contributed by atoms with E-state index in [1.165, 1.54) is 7.05 Å². The summed E-state index contributed by atoms with van der Waals surface area (Å²) in [6.45, 7) is 0.0529. The van der Waals surface area contributed by atoms with Crippen LogP contribution in [0.15, 0.2) is 11.1 Å². The molecule has 4 nitrogen and oxygen atoms in total. The molecule has 0 unspecified atom stereocenters. The van der Waals surface area contributed by atoms with Gasteiger partial charge in [0.15, 0.2) is 0 Å². The first kappa shape index (κ1) is 8.44. The van der Waals surface area contributed by atoms with Crippen molar-refractivity contribution in [2.24, 2.45) is 5.92 Å². The van der Waals surface area contributed by atoms with E-state index >= 15 is 0 Å². The smallest absolute Gasteiger partial charge is 0.256 e. The van der Waals surface area contributed by atoms with Crippen LogP contribution in [0.3, 0.4) is 0 Å². The number of carbonyl (C=O) groups excluding carboxylic acids is 2. The van der Waals surface area contributed by atoms with Gasteiger partial charge in [0.25, 0.3) is 11.8 Å². The number of carbonyl (C=O) groups is 2. The summed E-state index contributed by atoms with van der Waals surface area (Å²) in [5.41, 5.74) is 1.23. The molecule has 0 fully saturated rings. The van der Waals surface area contributed by atoms with Gasteiger partial charge in [0, 0.05) is 24.8 Å². The number of amides is 2. The first-order valence-electron chi connectivity index (χ1n) is 4.30. The molecule has 0 aromatic heterocycles. The SMILES string of the molecule is CN1C(=O)C2=C(CC(CO)C2)C1=O. The summed E-state index contributed by atoms with van der Waals surface area (Å²) in [4.78, 5) is 24.0. The molecule has 1 N–H and O–H groups in total. The minimum atomic E-state index is -0.184. The molecule has 0 aromatic rings. The van der Waals surface area contributed by atoms with Crippen LogP contribution in [0, 0.1) is 5.92 Å². The molecule has 2 rings (SSSR count). The zero-order chi connectivity index (χ0) is 9.59. The fraction of sp³-hybridized carbons (Fsp3) is 0.556. The molecule has 0 aromatic carbocycles. The highest BCUT2D eigenvalue weighted by Crippen LogP contribution is 2.37. The van der Waals surface area contributed by atoms with Gasteiger partial charge in [0.1, 0.15) is 0 Å². The van der Waals surface area contributed by atoms with E-state index in [4.69, 9.17) is 5.11 Å². The van der Waals surface area contributed by atoms with Gasteiger partial charge in [0.2, 0.25) is 0 Å². The van der Waals surface area contributed by atoms with Gasteiger partial charge in [-0.3, -0.25) is 14.5 Å². The van der Waals surface area contributed by atoms with Crippen molar-refractivity contribution in [3.8, 4) is 0 Å². The van der Waals surface area contributed by atoms with Crippen LogP contribution < -0.4 is 0 Å². The van der Waals surface area contributed by atoms with Gasteiger partial charge >= 0.3 is 0 Å². The number of imide groups is 1. The number of hydrogen-bond donors (Lipinski definition) is 1. The summed E-state index contributed by atoms with van der Waals surface area (Å²) < 4.78 is 0. The summed E-state index contributed by atoms with van der Waals surface area (Å²) in [7, 11) is 1.50. The van der Waals surface area contributed by atoms with Crippen LogP contribution in [0.2, 0.25) is 0 Å². The Bertz CT molecular complexity index is 291. The van der Waals surface area contributed by atoms with Crippen molar-refractivity contribution in [2.45, 2.75) is 12.8 Å². The van der Waals surface area contributed by atoms with Gasteiger partial charge in [-0.25, -0.2) is 0 Å². The number of aliphatic hydroxyl groups is 1. The maximum atomic E-state index is 11.4. The van der Waals surface area contributed by atoms with Gasteiger partial charge in [-0.1, -0.05) is 0 Å². The Hall–Kier alpha value is -1.16. The molecular formula is C9H11NO3. The molecule has 4 heteroatoms. The summed E-state index contributed by atoms with van der Waals surface area (Å²) >= 11 is 0. The van der Waals surface area contributed by atoms with Crippen molar-refractivity contribution in [3.63, 3.8) is 0 Å². The molecule has 13 heavy (non-hydrogen) atoms. The summed E-state index contributed by atoms with van der Waals surface area (Å²) in [6.07, 6.45) is 1.11. The average Bonchev–Trinajstić information content (AvgIpc) is 2.64. The normalized spacial score (nSPS) is 23.4. The summed E-state index contributed by atoms with van der Waals surface area (Å²) in [6, 6.07) is 0. The Labute approximate surface area is 75.8 Å². The summed E-state index contributed by atoms with van der Waals surface area (Å²) in [5.74, 6) is -0.293. The molecule has 0 saturated heterocycles. The maximum absolute atomic E-state index is 11.4. The molecular weight excluding hydrogens is 170 g/mol. The molecule has 1 aliphatic heterocycles. The Balaban J connectivity index is 2.27. The predicted octanol–water partition coefficient (Wildman–Crippen LogP) is -0.316. The molecule has 0 radical (unpaired) electrons. The molecule has 1 heterocycles. The van der Waals surface area contributed by atoms with Gasteiger partial charge in [-0.15, -0.1) is 0 Å². The van der Waals surface area contributed by atoms with Crippen LogP contribution in [0.25, 0.3) is 0 Å². The quantitative estimate of drug-likeness (QED) is 0.564. The lowest BCUT2D eigenvalue weighted by Gasteiger charge is -2.12. The van der Waals surface area contributed by atoms with Crippen LogP contribution in [0.1, 0.15) is 12.8 Å². The Kier molecular flexibility index (Phi) is 1.73. The molecule has 0 bridgehead atoms. The molecule has 0 saturated carbocycles. The largest absolute Gasteiger partial charge is 0.396 e. The minimum absolute atomic E-state index is 0.0529. The third-order valence-electron chi connectivity index (χ3n) is 2.73. The fourth-order valence-corrected chi connectivity index (χ4v) is 1.95. The number of aliphatic hydroxyl groups excluding tert-OH is 1. The van der Waals surface area contributed by atoms with E-state index in [0.717, 1.165) is 4.90 Å². The van der Waals surface area contributed by atoms with Crippen molar-refractivity contribution in [1.82, 2.24) is 4.90 Å². The molecule has 0 spiro atoms. The van der Waals surface area contributed by atoms with Gasteiger partial charge in [-0.05, 0) is 18.8 Å².